The molecule has 4 heteroatoms. The molecule has 0 fully saturated rings. The van der Waals surface area contributed by atoms with Gasteiger partial charge in [-0.1, -0.05) is 54.6 Å². The maximum atomic E-state index is 12.0. The highest BCUT2D eigenvalue weighted by Gasteiger charge is 2.30. The van der Waals surface area contributed by atoms with Crippen molar-refractivity contribution >= 4 is 39.7 Å². The van der Waals surface area contributed by atoms with E-state index in [0.29, 0.717) is 16.7 Å². The lowest BCUT2D eigenvalue weighted by atomic mass is 9.75. The quantitative estimate of drug-likeness (QED) is 0.414. The Balaban J connectivity index is 0.000000535. The van der Waals surface area contributed by atoms with Gasteiger partial charge >= 0.3 is 0 Å². The van der Waals surface area contributed by atoms with Crippen LogP contribution in [-0.4, -0.2) is 22.3 Å². The summed E-state index contributed by atoms with van der Waals surface area (Å²) in [6.45, 7) is 3.06. The van der Waals surface area contributed by atoms with E-state index in [-0.39, 0.29) is 17.3 Å². The van der Waals surface area contributed by atoms with E-state index in [4.69, 9.17) is 0 Å². The fourth-order valence-electron chi connectivity index (χ4n) is 4.25. The molecule has 2 N–H and O–H groups in total. The Hall–Kier alpha value is -3.92. The zero-order chi connectivity index (χ0) is 22.1. The smallest absolute Gasteiger partial charge is 0.147 e. The van der Waals surface area contributed by atoms with Gasteiger partial charge in [-0.2, -0.15) is 0 Å². The van der Waals surface area contributed by atoms with Crippen LogP contribution in [0.1, 0.15) is 36.5 Å². The number of hydrogen-bond acceptors (Lipinski definition) is 4. The van der Waals surface area contributed by atoms with E-state index in [2.05, 4.69) is 0 Å². The van der Waals surface area contributed by atoms with Gasteiger partial charge in [0.15, 0.2) is 0 Å². The molecule has 1 aliphatic carbocycles. The van der Waals surface area contributed by atoms with Gasteiger partial charge in [0.1, 0.15) is 23.6 Å². The number of hydrogen-bond donors (Lipinski definition) is 2. The molecule has 0 amide bonds. The molecule has 0 aromatic heterocycles. The number of allylic oxidation sites excluding steroid dienone is 1. The van der Waals surface area contributed by atoms with Crippen molar-refractivity contribution in [3.8, 4) is 11.5 Å². The minimum Gasteiger partial charge on any atom is -0.508 e. The van der Waals surface area contributed by atoms with Gasteiger partial charge in [0.05, 0.1) is 0 Å². The Morgan fingerprint density at radius 1 is 0.839 bits per heavy atom. The van der Waals surface area contributed by atoms with Gasteiger partial charge in [-0.15, -0.1) is 0 Å². The second-order valence-electron chi connectivity index (χ2n) is 7.77. The minimum absolute atomic E-state index is 0.102. The first kappa shape index (κ1) is 20.4. The van der Waals surface area contributed by atoms with E-state index in [1.807, 2.05) is 54.6 Å². The molecule has 4 nitrogen and oxygen atoms in total. The molecule has 31 heavy (non-hydrogen) atoms. The summed E-state index contributed by atoms with van der Waals surface area (Å²) in [5.74, 6) is -0.00333. The zero-order valence-corrected chi connectivity index (χ0v) is 17.3. The average molecular weight is 410 g/mol. The van der Waals surface area contributed by atoms with Crippen LogP contribution in [0.25, 0.3) is 27.6 Å². The highest BCUT2D eigenvalue weighted by atomic mass is 16.3. The van der Waals surface area contributed by atoms with Crippen molar-refractivity contribution in [2.24, 2.45) is 0 Å². The summed E-state index contributed by atoms with van der Waals surface area (Å²) in [6, 6.07) is 21.0. The van der Waals surface area contributed by atoms with Gasteiger partial charge in [-0.3, -0.25) is 4.79 Å². The molecule has 0 saturated heterocycles. The third-order valence-corrected chi connectivity index (χ3v) is 5.42. The monoisotopic (exact) mass is 410 g/mol. The molecule has 4 aromatic carbocycles. The van der Waals surface area contributed by atoms with E-state index in [1.165, 1.54) is 13.8 Å². The first-order valence-electron chi connectivity index (χ1n) is 10.0. The lowest BCUT2D eigenvalue weighted by molar-refractivity contribution is -0.115. The molecule has 0 heterocycles. The zero-order valence-electron chi connectivity index (χ0n) is 17.3. The summed E-state index contributed by atoms with van der Waals surface area (Å²) in [7, 11) is 0. The van der Waals surface area contributed by atoms with Crippen molar-refractivity contribution in [1.29, 1.82) is 0 Å². The van der Waals surface area contributed by atoms with Crippen molar-refractivity contribution in [1.82, 2.24) is 0 Å². The molecule has 0 bridgehead atoms. The normalized spacial score (nSPS) is 14.5. The summed E-state index contributed by atoms with van der Waals surface area (Å²) in [6.07, 6.45) is 2.56. The number of aldehydes is 1. The summed E-state index contributed by atoms with van der Waals surface area (Å²) in [4.78, 5) is 21.4. The second-order valence-corrected chi connectivity index (χ2v) is 7.77. The highest BCUT2D eigenvalue weighted by molar-refractivity contribution is 6.05. The number of Topliss-reactive ketones (excluding diaryl/α,β-unsaturated/α-hetero) is 1. The predicted molar refractivity (Wildman–Crippen MR) is 123 cm³/mol. The summed E-state index contributed by atoms with van der Waals surface area (Å²) in [5.41, 5.74) is 2.72. The molecule has 0 saturated carbocycles. The molecule has 0 spiro atoms. The molecule has 0 radical (unpaired) electrons. The Morgan fingerprint density at radius 2 is 1.48 bits per heavy atom. The van der Waals surface area contributed by atoms with Crippen LogP contribution in [-0.2, 0) is 9.59 Å². The van der Waals surface area contributed by atoms with Crippen molar-refractivity contribution < 1.29 is 19.8 Å². The number of rotatable bonds is 2. The van der Waals surface area contributed by atoms with Crippen molar-refractivity contribution in [2.45, 2.75) is 19.8 Å². The second kappa shape index (κ2) is 8.07. The fourth-order valence-corrected chi connectivity index (χ4v) is 4.25. The van der Waals surface area contributed by atoms with Gasteiger partial charge in [0, 0.05) is 28.0 Å². The number of carbonyl (C=O) groups is 2. The van der Waals surface area contributed by atoms with Crippen LogP contribution < -0.4 is 0 Å². The molecule has 5 rings (SSSR count). The minimum atomic E-state index is -0.397. The molecular formula is C27H22O4. The summed E-state index contributed by atoms with van der Waals surface area (Å²) < 4.78 is 0. The van der Waals surface area contributed by atoms with Crippen LogP contribution in [0.15, 0.2) is 72.3 Å². The molecule has 4 aromatic rings. The van der Waals surface area contributed by atoms with E-state index in [1.54, 1.807) is 18.2 Å². The van der Waals surface area contributed by atoms with Gasteiger partial charge in [-0.25, -0.2) is 0 Å². The van der Waals surface area contributed by atoms with E-state index >= 15 is 0 Å². The van der Waals surface area contributed by atoms with Gasteiger partial charge in [-0.05, 0) is 53.8 Å². The van der Waals surface area contributed by atoms with Crippen LogP contribution in [0.3, 0.4) is 0 Å². The maximum absolute atomic E-state index is 12.0. The lowest BCUT2D eigenvalue weighted by Gasteiger charge is -2.27. The number of carbonyl (C=O) groups excluding carboxylic acids is 2. The van der Waals surface area contributed by atoms with E-state index in [9.17, 15) is 19.8 Å². The van der Waals surface area contributed by atoms with Crippen LogP contribution in [0, 0.1) is 0 Å². The van der Waals surface area contributed by atoms with Crippen molar-refractivity contribution in [3.63, 3.8) is 0 Å². The first-order chi connectivity index (χ1) is 14.9. The van der Waals surface area contributed by atoms with Gasteiger partial charge < -0.3 is 15.0 Å². The third kappa shape index (κ3) is 3.57. The fraction of sp³-hybridized carbons (Fsp3) is 0.111. The molecule has 1 aliphatic rings. The number of phenolic OH excluding ortho intramolecular Hbond substituents is 2. The maximum Gasteiger partial charge on any atom is 0.147 e. The number of benzene rings is 4. The Morgan fingerprint density at radius 3 is 2.19 bits per heavy atom. The number of fused-ring (bicyclic) bond motifs is 1. The molecular weight excluding hydrogens is 388 g/mol. The highest BCUT2D eigenvalue weighted by Crippen LogP contribution is 2.49. The van der Waals surface area contributed by atoms with Crippen molar-refractivity contribution in [3.05, 3.63) is 89.0 Å². The van der Waals surface area contributed by atoms with Crippen LogP contribution >= 0.6 is 0 Å². The first-order valence-corrected chi connectivity index (χ1v) is 10.0. The summed E-state index contributed by atoms with van der Waals surface area (Å²) in [5, 5.41) is 24.9. The van der Waals surface area contributed by atoms with Gasteiger partial charge in [0.25, 0.3) is 0 Å². The van der Waals surface area contributed by atoms with Crippen LogP contribution in [0.4, 0.5) is 0 Å². The predicted octanol–water partition coefficient (Wildman–Crippen LogP) is 5.73. The molecule has 1 atom stereocenters. The Bertz CT molecular complexity index is 1350. The average Bonchev–Trinajstić information content (AvgIpc) is 2.76. The molecule has 0 unspecified atom stereocenters. The molecule has 154 valence electrons. The number of phenols is 2. The van der Waals surface area contributed by atoms with Crippen LogP contribution in [0.5, 0.6) is 11.5 Å². The van der Waals surface area contributed by atoms with Crippen molar-refractivity contribution in [2.75, 3.05) is 0 Å². The Kier molecular flexibility index (Phi) is 5.30. The van der Waals surface area contributed by atoms with E-state index < -0.39 is 5.92 Å². The summed E-state index contributed by atoms with van der Waals surface area (Å²) >= 11 is 0. The third-order valence-electron chi connectivity index (χ3n) is 5.42. The van der Waals surface area contributed by atoms with E-state index in [0.717, 1.165) is 33.4 Å². The van der Waals surface area contributed by atoms with Crippen LogP contribution in [0.2, 0.25) is 0 Å². The standard InChI is InChI=1S/C24H16O3.C3H6O/c25-13-16-12-19-20(26)10-8-15-9-11-21(27)24(22(15)19)23(16)18-7-3-5-14-4-1-2-6-17(14)18;1-3(2)4/h1-13,23,26-27H;1-2H3/t23-;/m1./s1. The van der Waals surface area contributed by atoms with Gasteiger partial charge in [0.2, 0.25) is 0 Å². The molecule has 0 aliphatic heterocycles. The largest absolute Gasteiger partial charge is 0.508 e. The number of ketones is 1. The lowest BCUT2D eigenvalue weighted by Crippen LogP contribution is -2.11. The Labute approximate surface area is 180 Å². The number of aromatic hydroxyl groups is 2. The topological polar surface area (TPSA) is 74.6 Å². The SMILES string of the molecule is CC(C)=O.O=CC1=Cc2c(O)ccc3ccc(O)c(c23)[C@H]1c1cccc2ccccc12.